The van der Waals surface area contributed by atoms with Gasteiger partial charge in [-0.25, -0.2) is 0 Å². The molecule has 0 unspecified atom stereocenters. The number of pyridine rings is 1. The Hall–Kier alpha value is -1.30. The fourth-order valence-corrected chi connectivity index (χ4v) is 1.64. The molecule has 0 saturated carbocycles. The first-order valence-electron chi connectivity index (χ1n) is 5.02. The second kappa shape index (κ2) is 5.69. The molecule has 0 N–H and O–H groups in total. The Balaban J connectivity index is 2.96. The molecule has 0 fully saturated rings. The molecular formula is C10H14N2O3S. The number of rotatable bonds is 5. The first-order valence-corrected chi connectivity index (χ1v) is 5.66. The van der Waals surface area contributed by atoms with Gasteiger partial charge < -0.3 is 4.57 Å². The molecule has 5 nitrogen and oxygen atoms in total. The lowest BCUT2D eigenvalue weighted by molar-refractivity contribution is -0.385. The van der Waals surface area contributed by atoms with Crippen LogP contribution in [0.1, 0.15) is 18.4 Å². The highest BCUT2D eigenvalue weighted by Crippen LogP contribution is 2.14. The summed E-state index contributed by atoms with van der Waals surface area (Å²) in [5.74, 6) is 0.753. The average Bonchev–Trinajstić information content (AvgIpc) is 2.21. The lowest BCUT2D eigenvalue weighted by atomic mass is 10.2. The maximum atomic E-state index is 11.5. The second-order valence-electron chi connectivity index (χ2n) is 3.56. The highest BCUT2D eigenvalue weighted by Gasteiger charge is 2.12. The zero-order valence-corrected chi connectivity index (χ0v) is 9.94. The van der Waals surface area contributed by atoms with Crippen molar-refractivity contribution in [2.24, 2.45) is 0 Å². The molecule has 0 bridgehead atoms. The Kier molecular flexibility index (Phi) is 4.54. The van der Waals surface area contributed by atoms with Crippen molar-refractivity contribution in [2.75, 3.05) is 5.75 Å². The predicted molar refractivity (Wildman–Crippen MR) is 65.2 cm³/mol. The number of nitro groups is 1. The van der Waals surface area contributed by atoms with E-state index in [1.807, 2.05) is 0 Å². The molecule has 0 aromatic carbocycles. The van der Waals surface area contributed by atoms with Crippen LogP contribution in [-0.2, 0) is 6.54 Å². The van der Waals surface area contributed by atoms with Crippen LogP contribution in [0, 0.1) is 17.0 Å². The molecule has 0 saturated heterocycles. The molecule has 0 aliphatic rings. The van der Waals surface area contributed by atoms with Crippen LogP contribution in [0.15, 0.2) is 17.1 Å². The van der Waals surface area contributed by atoms with E-state index in [0.717, 1.165) is 18.6 Å². The number of hydrogen-bond acceptors (Lipinski definition) is 4. The van der Waals surface area contributed by atoms with E-state index in [4.69, 9.17) is 0 Å². The minimum Gasteiger partial charge on any atom is -0.309 e. The van der Waals surface area contributed by atoms with Gasteiger partial charge in [0.05, 0.1) is 11.1 Å². The fraction of sp³-hybridized carbons (Fsp3) is 0.500. The van der Waals surface area contributed by atoms with Gasteiger partial charge in [0.15, 0.2) is 0 Å². The van der Waals surface area contributed by atoms with Crippen LogP contribution in [0.3, 0.4) is 0 Å². The zero-order chi connectivity index (χ0) is 12.1. The maximum Gasteiger partial charge on any atom is 0.288 e. The van der Waals surface area contributed by atoms with Crippen LogP contribution in [0.25, 0.3) is 0 Å². The average molecular weight is 242 g/mol. The molecule has 0 radical (unpaired) electrons. The molecule has 0 spiro atoms. The highest BCUT2D eigenvalue weighted by molar-refractivity contribution is 7.80. The van der Waals surface area contributed by atoms with Gasteiger partial charge in [0, 0.05) is 18.2 Å². The summed E-state index contributed by atoms with van der Waals surface area (Å²) >= 11 is 4.07. The van der Waals surface area contributed by atoms with Crippen LogP contribution in [-0.4, -0.2) is 15.2 Å². The molecular weight excluding hydrogens is 228 g/mol. The van der Waals surface area contributed by atoms with Gasteiger partial charge in [0.25, 0.3) is 11.2 Å². The normalized spacial score (nSPS) is 10.4. The minimum atomic E-state index is -0.468. The van der Waals surface area contributed by atoms with Crippen molar-refractivity contribution in [2.45, 2.75) is 26.3 Å². The summed E-state index contributed by atoms with van der Waals surface area (Å²) in [6.07, 6.45) is 3.00. The van der Waals surface area contributed by atoms with Crippen LogP contribution >= 0.6 is 12.6 Å². The van der Waals surface area contributed by atoms with E-state index in [0.29, 0.717) is 12.1 Å². The van der Waals surface area contributed by atoms with E-state index in [1.165, 1.54) is 16.8 Å². The Bertz CT molecular complexity index is 442. The predicted octanol–water partition coefficient (Wildman–Crippen LogP) is 1.77. The Morgan fingerprint density at radius 2 is 2.19 bits per heavy atom. The highest BCUT2D eigenvalue weighted by atomic mass is 32.1. The number of thiol groups is 1. The lowest BCUT2D eigenvalue weighted by Crippen LogP contribution is -2.20. The maximum absolute atomic E-state index is 11.5. The third-order valence-electron chi connectivity index (χ3n) is 2.31. The van der Waals surface area contributed by atoms with Gasteiger partial charge in [0.2, 0.25) is 0 Å². The van der Waals surface area contributed by atoms with E-state index >= 15 is 0 Å². The van der Waals surface area contributed by atoms with Crippen molar-refractivity contribution >= 4 is 18.3 Å². The number of nitrogens with zero attached hydrogens (tertiary/aromatic N) is 2. The number of hydrogen-bond donors (Lipinski definition) is 1. The van der Waals surface area contributed by atoms with Crippen molar-refractivity contribution in [1.29, 1.82) is 0 Å². The van der Waals surface area contributed by atoms with Crippen molar-refractivity contribution in [3.63, 3.8) is 0 Å². The van der Waals surface area contributed by atoms with E-state index in [2.05, 4.69) is 12.6 Å². The summed E-state index contributed by atoms with van der Waals surface area (Å²) in [5.41, 5.74) is 0.202. The first kappa shape index (κ1) is 12.8. The van der Waals surface area contributed by atoms with Gasteiger partial charge in [-0.15, -0.1) is 0 Å². The van der Waals surface area contributed by atoms with E-state index in [1.54, 1.807) is 6.92 Å². The molecule has 1 aromatic rings. The summed E-state index contributed by atoms with van der Waals surface area (Å²) in [6.45, 7) is 2.07. The summed E-state index contributed by atoms with van der Waals surface area (Å²) in [5, 5.41) is 10.7. The summed E-state index contributed by atoms with van der Waals surface area (Å²) < 4.78 is 1.38. The lowest BCUT2D eigenvalue weighted by Gasteiger charge is -2.05. The molecule has 1 rings (SSSR count). The van der Waals surface area contributed by atoms with Crippen LogP contribution in [0.5, 0.6) is 0 Å². The number of aromatic nitrogens is 1. The zero-order valence-electron chi connectivity index (χ0n) is 9.05. The SMILES string of the molecule is Cc1cc(=O)n(CCCCS)cc1[N+](=O)[O-]. The Labute approximate surface area is 98.7 Å². The van der Waals surface area contributed by atoms with Gasteiger partial charge in [-0.05, 0) is 25.5 Å². The molecule has 0 aliphatic carbocycles. The molecule has 1 heterocycles. The van der Waals surface area contributed by atoms with Crippen molar-refractivity contribution in [1.82, 2.24) is 4.57 Å². The summed E-state index contributed by atoms with van der Waals surface area (Å²) in [4.78, 5) is 21.8. The quantitative estimate of drug-likeness (QED) is 0.370. The largest absolute Gasteiger partial charge is 0.309 e. The van der Waals surface area contributed by atoms with Crippen molar-refractivity contribution < 1.29 is 4.92 Å². The van der Waals surface area contributed by atoms with E-state index in [-0.39, 0.29) is 11.2 Å². The summed E-state index contributed by atoms with van der Waals surface area (Å²) in [6, 6.07) is 1.30. The van der Waals surface area contributed by atoms with Gasteiger partial charge in [0.1, 0.15) is 0 Å². The second-order valence-corrected chi connectivity index (χ2v) is 4.01. The molecule has 16 heavy (non-hydrogen) atoms. The van der Waals surface area contributed by atoms with Crippen LogP contribution in [0.2, 0.25) is 0 Å². The summed E-state index contributed by atoms with van der Waals surface area (Å²) in [7, 11) is 0. The Morgan fingerprint density at radius 3 is 2.75 bits per heavy atom. The van der Waals surface area contributed by atoms with Crippen LogP contribution in [0.4, 0.5) is 5.69 Å². The number of unbranched alkanes of at least 4 members (excludes halogenated alkanes) is 1. The molecule has 0 atom stereocenters. The molecule has 1 aromatic heterocycles. The van der Waals surface area contributed by atoms with E-state index < -0.39 is 4.92 Å². The first-order chi connectivity index (χ1) is 7.56. The fourth-order valence-electron chi connectivity index (χ4n) is 1.41. The topological polar surface area (TPSA) is 65.1 Å². The number of aryl methyl sites for hydroxylation is 2. The minimum absolute atomic E-state index is 0.00882. The van der Waals surface area contributed by atoms with E-state index in [9.17, 15) is 14.9 Å². The van der Waals surface area contributed by atoms with Crippen molar-refractivity contribution in [3.05, 3.63) is 38.3 Å². The Morgan fingerprint density at radius 1 is 1.50 bits per heavy atom. The molecule has 0 aliphatic heterocycles. The van der Waals surface area contributed by atoms with Gasteiger partial charge in [-0.1, -0.05) is 0 Å². The van der Waals surface area contributed by atoms with Gasteiger partial charge in [-0.2, -0.15) is 12.6 Å². The molecule has 0 amide bonds. The van der Waals surface area contributed by atoms with Gasteiger partial charge in [-0.3, -0.25) is 14.9 Å². The third kappa shape index (κ3) is 3.10. The monoisotopic (exact) mass is 242 g/mol. The van der Waals surface area contributed by atoms with Crippen LogP contribution < -0.4 is 5.56 Å². The van der Waals surface area contributed by atoms with Gasteiger partial charge >= 0.3 is 0 Å². The molecule has 88 valence electrons. The standard InChI is InChI=1S/C10H14N2O3S/c1-8-6-10(13)11(4-2-3-5-16)7-9(8)12(14)15/h6-7,16H,2-5H2,1H3. The molecule has 6 heteroatoms. The van der Waals surface area contributed by atoms with Crippen molar-refractivity contribution in [3.8, 4) is 0 Å². The smallest absolute Gasteiger partial charge is 0.288 e. The third-order valence-corrected chi connectivity index (χ3v) is 2.63.